The number of nitrogens with zero attached hydrogens (tertiary/aromatic N) is 1. The molecule has 7 heteroatoms. The number of sulfonamides is 1. The van der Waals surface area contributed by atoms with Crippen LogP contribution in [0.5, 0.6) is 0 Å². The van der Waals surface area contributed by atoms with Gasteiger partial charge in [-0.3, -0.25) is 0 Å². The molecule has 0 aliphatic carbocycles. The average molecular weight is 316 g/mol. The Labute approximate surface area is 126 Å². The minimum Gasteiger partial charge on any atom is -0.465 e. The van der Waals surface area contributed by atoms with Crippen molar-refractivity contribution in [1.82, 2.24) is 9.62 Å². The van der Waals surface area contributed by atoms with Gasteiger partial charge in [-0.1, -0.05) is 0 Å². The minimum atomic E-state index is -3.51. The second-order valence-electron chi connectivity index (χ2n) is 5.39. The van der Waals surface area contributed by atoms with Crippen LogP contribution in [0.15, 0.2) is 9.31 Å². The maximum absolute atomic E-state index is 12.9. The van der Waals surface area contributed by atoms with E-state index < -0.39 is 10.0 Å². The number of ether oxygens (including phenoxy) is 1. The summed E-state index contributed by atoms with van der Waals surface area (Å²) in [5.74, 6) is 1.12. The van der Waals surface area contributed by atoms with Gasteiger partial charge in [-0.15, -0.1) is 0 Å². The molecule has 2 heterocycles. The Hall–Kier alpha value is -0.890. The standard InChI is InChI=1S/C14H24N2O4S/c1-10-13(9-15-3)14(11(2)20-10)21(17,18)16-7-5-12(19-4)6-8-16/h12,15H,5-9H2,1-4H3. The Balaban J connectivity index is 2.32. The van der Waals surface area contributed by atoms with Crippen LogP contribution in [0, 0.1) is 13.8 Å². The molecule has 2 rings (SSSR count). The van der Waals surface area contributed by atoms with Crippen LogP contribution in [-0.4, -0.2) is 46.1 Å². The maximum atomic E-state index is 12.9. The van der Waals surface area contributed by atoms with E-state index in [4.69, 9.17) is 9.15 Å². The summed E-state index contributed by atoms with van der Waals surface area (Å²) in [6, 6.07) is 0. The zero-order chi connectivity index (χ0) is 15.6. The van der Waals surface area contributed by atoms with E-state index in [1.807, 2.05) is 0 Å². The molecule has 0 unspecified atom stereocenters. The van der Waals surface area contributed by atoms with E-state index in [1.54, 1.807) is 32.3 Å². The summed E-state index contributed by atoms with van der Waals surface area (Å²) >= 11 is 0. The summed E-state index contributed by atoms with van der Waals surface area (Å²) in [5, 5.41) is 3.01. The number of aryl methyl sites for hydroxylation is 2. The second kappa shape index (κ2) is 6.48. The number of nitrogens with one attached hydrogen (secondary N) is 1. The molecule has 0 bridgehead atoms. The fourth-order valence-corrected chi connectivity index (χ4v) is 4.75. The molecule has 21 heavy (non-hydrogen) atoms. The first-order chi connectivity index (χ1) is 9.91. The van der Waals surface area contributed by atoms with Crippen molar-refractivity contribution in [2.24, 2.45) is 0 Å². The van der Waals surface area contributed by atoms with Gasteiger partial charge >= 0.3 is 0 Å². The molecule has 1 aromatic heterocycles. The van der Waals surface area contributed by atoms with E-state index in [0.29, 0.717) is 36.1 Å². The third-order valence-corrected chi connectivity index (χ3v) is 6.11. The molecule has 0 amide bonds. The van der Waals surface area contributed by atoms with Gasteiger partial charge in [0.15, 0.2) is 0 Å². The number of methoxy groups -OCH3 is 1. The van der Waals surface area contributed by atoms with Crippen molar-refractivity contribution in [3.8, 4) is 0 Å². The first-order valence-electron chi connectivity index (χ1n) is 7.18. The third-order valence-electron chi connectivity index (χ3n) is 4.01. The zero-order valence-corrected chi connectivity index (χ0v) is 13.9. The van der Waals surface area contributed by atoms with Crippen LogP contribution in [0.4, 0.5) is 0 Å². The van der Waals surface area contributed by atoms with Crippen LogP contribution >= 0.6 is 0 Å². The van der Waals surface area contributed by atoms with E-state index in [-0.39, 0.29) is 6.10 Å². The van der Waals surface area contributed by atoms with Gasteiger partial charge in [0, 0.05) is 32.3 Å². The monoisotopic (exact) mass is 316 g/mol. The van der Waals surface area contributed by atoms with E-state index in [9.17, 15) is 8.42 Å². The second-order valence-corrected chi connectivity index (χ2v) is 7.27. The van der Waals surface area contributed by atoms with Crippen LogP contribution in [0.25, 0.3) is 0 Å². The molecular weight excluding hydrogens is 292 g/mol. The van der Waals surface area contributed by atoms with Gasteiger partial charge in [-0.25, -0.2) is 8.42 Å². The molecular formula is C14H24N2O4S. The molecule has 1 aliphatic rings. The molecule has 0 aromatic carbocycles. The van der Waals surface area contributed by atoms with Gasteiger partial charge in [0.1, 0.15) is 16.4 Å². The number of hydrogen-bond donors (Lipinski definition) is 1. The highest BCUT2D eigenvalue weighted by molar-refractivity contribution is 7.89. The highest BCUT2D eigenvalue weighted by Crippen LogP contribution is 2.30. The van der Waals surface area contributed by atoms with Crippen molar-refractivity contribution in [3.05, 3.63) is 17.1 Å². The lowest BCUT2D eigenvalue weighted by atomic mass is 10.1. The Morgan fingerprint density at radius 1 is 1.29 bits per heavy atom. The summed E-state index contributed by atoms with van der Waals surface area (Å²) in [5.41, 5.74) is 0.726. The molecule has 1 aromatic rings. The summed E-state index contributed by atoms with van der Waals surface area (Å²) in [6.07, 6.45) is 1.61. The predicted octanol–water partition coefficient (Wildman–Crippen LogP) is 1.42. The van der Waals surface area contributed by atoms with Crippen molar-refractivity contribution in [2.45, 2.75) is 44.2 Å². The zero-order valence-electron chi connectivity index (χ0n) is 13.1. The van der Waals surface area contributed by atoms with E-state index >= 15 is 0 Å². The van der Waals surface area contributed by atoms with Crippen molar-refractivity contribution < 1.29 is 17.6 Å². The average Bonchev–Trinajstić information content (AvgIpc) is 2.74. The van der Waals surface area contributed by atoms with Gasteiger partial charge in [-0.2, -0.15) is 4.31 Å². The SMILES string of the molecule is CNCc1c(C)oc(C)c1S(=O)(=O)N1CCC(OC)CC1. The Morgan fingerprint density at radius 2 is 1.90 bits per heavy atom. The summed E-state index contributed by atoms with van der Waals surface area (Å²) in [6.45, 7) is 4.97. The first-order valence-corrected chi connectivity index (χ1v) is 8.62. The predicted molar refractivity (Wildman–Crippen MR) is 79.7 cm³/mol. The van der Waals surface area contributed by atoms with E-state index in [0.717, 1.165) is 18.4 Å². The molecule has 0 atom stereocenters. The summed E-state index contributed by atoms with van der Waals surface area (Å²) in [4.78, 5) is 0.324. The molecule has 1 N–H and O–H groups in total. The topological polar surface area (TPSA) is 71.8 Å². The van der Waals surface area contributed by atoms with Crippen molar-refractivity contribution in [2.75, 3.05) is 27.2 Å². The fraction of sp³-hybridized carbons (Fsp3) is 0.714. The Bertz CT molecular complexity index is 586. The third kappa shape index (κ3) is 3.15. The van der Waals surface area contributed by atoms with Crippen LogP contribution < -0.4 is 5.32 Å². The molecule has 0 spiro atoms. The Kier molecular flexibility index (Phi) is 5.08. The molecule has 1 aliphatic heterocycles. The van der Waals surface area contributed by atoms with Crippen molar-refractivity contribution in [1.29, 1.82) is 0 Å². The largest absolute Gasteiger partial charge is 0.465 e. The maximum Gasteiger partial charge on any atom is 0.246 e. The number of furan rings is 1. The summed E-state index contributed by atoms with van der Waals surface area (Å²) < 4.78 is 38.2. The van der Waals surface area contributed by atoms with Gasteiger partial charge < -0.3 is 14.5 Å². The van der Waals surface area contributed by atoms with Crippen LogP contribution in [-0.2, 0) is 21.3 Å². The van der Waals surface area contributed by atoms with Crippen LogP contribution in [0.2, 0.25) is 0 Å². The van der Waals surface area contributed by atoms with E-state index in [2.05, 4.69) is 5.32 Å². The molecule has 120 valence electrons. The lowest BCUT2D eigenvalue weighted by molar-refractivity contribution is 0.0604. The Morgan fingerprint density at radius 3 is 2.43 bits per heavy atom. The normalized spacial score (nSPS) is 18.3. The van der Waals surface area contributed by atoms with Crippen LogP contribution in [0.1, 0.15) is 29.9 Å². The lowest BCUT2D eigenvalue weighted by Gasteiger charge is -2.30. The smallest absolute Gasteiger partial charge is 0.246 e. The number of hydrogen-bond acceptors (Lipinski definition) is 5. The van der Waals surface area contributed by atoms with E-state index in [1.165, 1.54) is 0 Å². The summed E-state index contributed by atoms with van der Waals surface area (Å²) in [7, 11) is -0.0484. The fourth-order valence-electron chi connectivity index (χ4n) is 2.87. The van der Waals surface area contributed by atoms with Gasteiger partial charge in [0.25, 0.3) is 0 Å². The van der Waals surface area contributed by atoms with Gasteiger partial charge in [0.05, 0.1) is 6.10 Å². The van der Waals surface area contributed by atoms with Crippen LogP contribution in [0.3, 0.4) is 0 Å². The molecule has 6 nitrogen and oxygen atoms in total. The van der Waals surface area contributed by atoms with Gasteiger partial charge in [0.2, 0.25) is 10.0 Å². The minimum absolute atomic E-state index is 0.153. The first kappa shape index (κ1) is 16.5. The van der Waals surface area contributed by atoms with Crippen molar-refractivity contribution in [3.63, 3.8) is 0 Å². The molecule has 1 fully saturated rings. The quantitative estimate of drug-likeness (QED) is 0.889. The highest BCUT2D eigenvalue weighted by Gasteiger charge is 2.34. The molecule has 0 radical (unpaired) electrons. The highest BCUT2D eigenvalue weighted by atomic mass is 32.2. The van der Waals surface area contributed by atoms with Crippen molar-refractivity contribution >= 4 is 10.0 Å². The molecule has 0 saturated carbocycles. The van der Waals surface area contributed by atoms with Gasteiger partial charge in [-0.05, 0) is 33.7 Å². The number of rotatable bonds is 5. The number of piperidine rings is 1. The molecule has 1 saturated heterocycles. The lowest BCUT2D eigenvalue weighted by Crippen LogP contribution is -2.41.